The number of hydrogen-bond acceptors (Lipinski definition) is 6. The number of nitrogens with zero attached hydrogens (tertiary/aromatic N) is 5. The number of amidine groups is 1. The Hall–Kier alpha value is -3.52. The average molecular weight is 707 g/mol. The quantitative estimate of drug-likeness (QED) is 0.239. The van der Waals surface area contributed by atoms with Gasteiger partial charge in [-0.1, -0.05) is 6.92 Å². The number of ether oxygens (including phenoxy) is 1. The van der Waals surface area contributed by atoms with Crippen LogP contribution in [0.1, 0.15) is 65.0 Å². The number of likely N-dealkylation sites (tertiary alicyclic amines) is 1. The van der Waals surface area contributed by atoms with Crippen molar-refractivity contribution in [3.8, 4) is 11.1 Å². The molecule has 0 radical (unpaired) electrons. The first kappa shape index (κ1) is 35.3. The van der Waals surface area contributed by atoms with Crippen LogP contribution in [0.15, 0.2) is 34.2 Å². The van der Waals surface area contributed by atoms with Gasteiger partial charge in [0.1, 0.15) is 22.9 Å². The Morgan fingerprint density at radius 3 is 2.39 bits per heavy atom. The number of rotatable bonds is 4. The molecule has 0 aliphatic carbocycles. The third kappa shape index (κ3) is 7.08. The van der Waals surface area contributed by atoms with E-state index in [2.05, 4.69) is 16.8 Å². The number of alkyl halides is 3. The molecule has 4 aliphatic heterocycles. The lowest BCUT2D eigenvalue weighted by molar-refractivity contribution is -0.337. The highest BCUT2D eigenvalue weighted by atomic mass is 32.2. The fraction of sp³-hybridized carbons (Fsp3) is 0.543. The molecule has 4 aliphatic rings. The van der Waals surface area contributed by atoms with Gasteiger partial charge in [0.05, 0.1) is 21.8 Å². The largest absolute Gasteiger partial charge is 0.546 e. The maximum Gasteiger partial charge on any atom is 0.546 e. The van der Waals surface area contributed by atoms with Gasteiger partial charge in [0, 0.05) is 54.3 Å². The molecule has 0 bridgehead atoms. The van der Waals surface area contributed by atoms with Crippen molar-refractivity contribution in [2.24, 2.45) is 10.9 Å². The molecule has 2 aromatic carbocycles. The zero-order valence-electron chi connectivity index (χ0n) is 28.3. The van der Waals surface area contributed by atoms with Gasteiger partial charge in [0.2, 0.25) is 0 Å². The van der Waals surface area contributed by atoms with Gasteiger partial charge in [0.15, 0.2) is 5.69 Å². The van der Waals surface area contributed by atoms with Crippen molar-refractivity contribution < 1.29 is 40.9 Å². The molecular weight excluding hydrogens is 665 g/mol. The summed E-state index contributed by atoms with van der Waals surface area (Å²) < 4.78 is 81.2. The van der Waals surface area contributed by atoms with Crippen LogP contribution in [-0.2, 0) is 10.9 Å². The Bertz CT molecular complexity index is 1730. The summed E-state index contributed by atoms with van der Waals surface area (Å²) in [6.45, 7) is 12.6. The molecule has 0 N–H and O–H groups in total. The molecule has 8 nitrogen and oxygen atoms in total. The minimum absolute atomic E-state index is 0.0728. The lowest BCUT2D eigenvalue weighted by Crippen LogP contribution is -2.57. The minimum Gasteiger partial charge on any atom is -0.444 e. The van der Waals surface area contributed by atoms with Crippen molar-refractivity contribution in [2.45, 2.75) is 76.6 Å². The van der Waals surface area contributed by atoms with Crippen LogP contribution in [0.5, 0.6) is 0 Å². The van der Waals surface area contributed by atoms with Crippen molar-refractivity contribution in [1.29, 1.82) is 0 Å². The van der Waals surface area contributed by atoms with E-state index in [-0.39, 0.29) is 53.3 Å². The Kier molecular flexibility index (Phi) is 9.59. The summed E-state index contributed by atoms with van der Waals surface area (Å²) in [6.07, 6.45) is -2.99. The SMILES string of the molecule is CCN1CCC(CC2=[N+]3C(=O)N=C(N4CCN(C(=O)OC(C)(C)C)C[C@@H]4C)c4cc(C(F)(F)F)c(-c5ccc(F)cc5F)c(c43)SC2)CC1. The Morgan fingerprint density at radius 2 is 1.78 bits per heavy atom. The van der Waals surface area contributed by atoms with E-state index in [1.807, 2.05) is 6.92 Å². The smallest absolute Gasteiger partial charge is 0.444 e. The number of piperidine rings is 1. The molecule has 2 fully saturated rings. The number of urea groups is 1. The third-order valence-corrected chi connectivity index (χ3v) is 10.7. The number of carbonyl (C=O) groups excluding carboxylic acids is 2. The van der Waals surface area contributed by atoms with Crippen LogP contribution >= 0.6 is 11.8 Å². The number of amides is 3. The maximum atomic E-state index is 15.3. The molecule has 3 amide bonds. The van der Waals surface area contributed by atoms with Crippen LogP contribution in [0.3, 0.4) is 0 Å². The topological polar surface area (TPSA) is 68.5 Å². The summed E-state index contributed by atoms with van der Waals surface area (Å²) in [5, 5.41) is 0. The van der Waals surface area contributed by atoms with E-state index in [0.29, 0.717) is 12.5 Å². The molecule has 264 valence electrons. The number of hydrogen-bond donors (Lipinski definition) is 0. The second-order valence-corrected chi connectivity index (χ2v) is 15.1. The second kappa shape index (κ2) is 13.3. The van der Waals surface area contributed by atoms with Crippen LogP contribution in [0.2, 0.25) is 0 Å². The molecule has 14 heteroatoms. The first-order valence-electron chi connectivity index (χ1n) is 16.7. The van der Waals surface area contributed by atoms with E-state index in [1.165, 1.54) is 9.48 Å². The normalized spacial score (nSPS) is 20.8. The fourth-order valence-electron chi connectivity index (χ4n) is 7.15. The van der Waals surface area contributed by atoms with E-state index in [1.54, 1.807) is 25.7 Å². The summed E-state index contributed by atoms with van der Waals surface area (Å²) in [7, 11) is 0. The highest BCUT2D eigenvalue weighted by Crippen LogP contribution is 2.52. The van der Waals surface area contributed by atoms with Crippen LogP contribution in [-0.4, -0.2) is 99.6 Å². The lowest BCUT2D eigenvalue weighted by atomic mass is 9.90. The number of piperazine rings is 1. The molecule has 6 rings (SSSR count). The summed E-state index contributed by atoms with van der Waals surface area (Å²) in [4.78, 5) is 37.1. The highest BCUT2D eigenvalue weighted by molar-refractivity contribution is 8.00. The number of carbonyl (C=O) groups is 2. The van der Waals surface area contributed by atoms with Crippen molar-refractivity contribution in [2.75, 3.05) is 45.0 Å². The van der Waals surface area contributed by atoms with Gasteiger partial charge in [-0.2, -0.15) is 22.5 Å². The van der Waals surface area contributed by atoms with Gasteiger partial charge in [-0.3, -0.25) is 0 Å². The summed E-state index contributed by atoms with van der Waals surface area (Å²) in [5.74, 6) is -1.47. The van der Waals surface area contributed by atoms with Gasteiger partial charge < -0.3 is 19.4 Å². The molecule has 0 aromatic heterocycles. The number of thioether (sulfide) groups is 1. The Labute approximate surface area is 287 Å². The fourth-order valence-corrected chi connectivity index (χ4v) is 8.41. The van der Waals surface area contributed by atoms with Gasteiger partial charge >= 0.3 is 18.3 Å². The van der Waals surface area contributed by atoms with E-state index in [9.17, 15) is 27.2 Å². The van der Waals surface area contributed by atoms with E-state index < -0.39 is 58.3 Å². The van der Waals surface area contributed by atoms with Gasteiger partial charge in [-0.25, -0.2) is 13.6 Å². The van der Waals surface area contributed by atoms with E-state index in [4.69, 9.17) is 4.74 Å². The first-order valence-corrected chi connectivity index (χ1v) is 17.7. The zero-order chi connectivity index (χ0) is 35.4. The van der Waals surface area contributed by atoms with Gasteiger partial charge in [-0.15, -0.1) is 11.8 Å². The monoisotopic (exact) mass is 706 g/mol. The molecule has 2 aromatic rings. The summed E-state index contributed by atoms with van der Waals surface area (Å²) >= 11 is 1.14. The van der Waals surface area contributed by atoms with E-state index in [0.717, 1.165) is 68.1 Å². The predicted octanol–water partition coefficient (Wildman–Crippen LogP) is 7.78. The molecule has 0 spiro atoms. The van der Waals surface area contributed by atoms with Crippen molar-refractivity contribution >= 4 is 41.1 Å². The molecule has 0 unspecified atom stereocenters. The number of benzene rings is 2. The standard InChI is InChI=1S/C35H41F5N5O3S/c1-6-42-11-9-21(10-12-42)15-23-19-49-30-28(24-8-7-22(36)16-27(24)37)26(35(38,39)40)17-25-29(30)45(23)32(46)41-31(25)44-14-13-43(18-20(44)2)33(47)48-34(3,4)5/h7-8,16-17,20-21H,6,9-15,18-19H2,1-5H3/q+1/t20-/m0/s1. The van der Waals surface area contributed by atoms with Crippen LogP contribution in [0, 0.1) is 17.6 Å². The molecule has 2 saturated heterocycles. The van der Waals surface area contributed by atoms with Crippen molar-refractivity contribution in [1.82, 2.24) is 14.7 Å². The van der Waals surface area contributed by atoms with Gasteiger partial charge in [-0.05, 0) is 84.3 Å². The van der Waals surface area contributed by atoms with Crippen molar-refractivity contribution in [3.05, 3.63) is 47.0 Å². The maximum absolute atomic E-state index is 15.3. The van der Waals surface area contributed by atoms with Gasteiger partial charge in [0.25, 0.3) is 5.84 Å². The Balaban J connectivity index is 1.48. The summed E-state index contributed by atoms with van der Waals surface area (Å²) in [5.41, 5.74) is -1.54. The molecule has 4 heterocycles. The van der Waals surface area contributed by atoms with Crippen molar-refractivity contribution in [3.63, 3.8) is 0 Å². The molecule has 0 saturated carbocycles. The molecule has 1 atom stereocenters. The van der Waals surface area contributed by atoms with E-state index >= 15 is 4.39 Å². The number of halogens is 5. The predicted molar refractivity (Wildman–Crippen MR) is 178 cm³/mol. The summed E-state index contributed by atoms with van der Waals surface area (Å²) in [6, 6.07) is 2.41. The first-order chi connectivity index (χ1) is 23.1. The van der Waals surface area contributed by atoms with Crippen LogP contribution in [0.4, 0.5) is 37.2 Å². The second-order valence-electron chi connectivity index (χ2n) is 14.1. The lowest BCUT2D eigenvalue weighted by Gasteiger charge is -2.41. The van der Waals surface area contributed by atoms with Crippen LogP contribution < -0.4 is 0 Å². The highest BCUT2D eigenvalue weighted by Gasteiger charge is 2.48. The van der Waals surface area contributed by atoms with Crippen LogP contribution in [0.25, 0.3) is 11.1 Å². The molecular formula is C35H41F5N5O3S+. The minimum atomic E-state index is -4.92. The third-order valence-electron chi connectivity index (χ3n) is 9.55. The zero-order valence-corrected chi connectivity index (χ0v) is 29.1. The Morgan fingerprint density at radius 1 is 1.06 bits per heavy atom. The number of aliphatic imine (C=N–C) groups is 1. The molecule has 49 heavy (non-hydrogen) atoms. The average Bonchev–Trinajstić information content (AvgIpc) is 3.02.